The Labute approximate surface area is 107 Å². The topological polar surface area (TPSA) is 53.4 Å². The maximum atomic E-state index is 10.1. The number of hydrogen-bond donors (Lipinski definition) is 2. The van der Waals surface area contributed by atoms with Crippen LogP contribution in [0.25, 0.3) is 0 Å². The molecule has 2 unspecified atom stereocenters. The summed E-state index contributed by atoms with van der Waals surface area (Å²) in [6.45, 7) is 1.95. The van der Waals surface area contributed by atoms with Crippen LogP contribution >= 0.6 is 11.3 Å². The van der Waals surface area contributed by atoms with Crippen molar-refractivity contribution >= 4 is 11.3 Å². The Morgan fingerprint density at radius 1 is 1.35 bits per heavy atom. The van der Waals surface area contributed by atoms with Crippen LogP contribution in [-0.2, 0) is 6.42 Å². The van der Waals surface area contributed by atoms with Gasteiger partial charge in [0.15, 0.2) is 0 Å². The van der Waals surface area contributed by atoms with Gasteiger partial charge in [-0.1, -0.05) is 19.3 Å². The van der Waals surface area contributed by atoms with Crippen molar-refractivity contribution in [2.75, 3.05) is 0 Å². The van der Waals surface area contributed by atoms with Crippen molar-refractivity contribution in [3.63, 3.8) is 0 Å². The van der Waals surface area contributed by atoms with Crippen LogP contribution in [0.15, 0.2) is 5.38 Å². The van der Waals surface area contributed by atoms with E-state index in [1.54, 1.807) is 11.3 Å². The lowest BCUT2D eigenvalue weighted by molar-refractivity contribution is -0.0263. The van der Waals surface area contributed by atoms with Crippen molar-refractivity contribution in [1.29, 1.82) is 0 Å². The number of thiazole rings is 1. The molecule has 1 aromatic rings. The molecule has 0 aliphatic heterocycles. The van der Waals surface area contributed by atoms with Gasteiger partial charge in [0.05, 0.1) is 17.2 Å². The summed E-state index contributed by atoms with van der Waals surface area (Å²) >= 11 is 1.56. The average Bonchev–Trinajstić information content (AvgIpc) is 2.75. The Bertz CT molecular complexity index is 347. The zero-order chi connectivity index (χ0) is 12.3. The van der Waals surface area contributed by atoms with E-state index in [1.807, 2.05) is 12.3 Å². The van der Waals surface area contributed by atoms with Gasteiger partial charge in [-0.3, -0.25) is 0 Å². The van der Waals surface area contributed by atoms with Gasteiger partial charge in [-0.2, -0.15) is 0 Å². The Balaban J connectivity index is 1.87. The number of aryl methyl sites for hydroxylation is 1. The van der Waals surface area contributed by atoms with E-state index >= 15 is 0 Å². The van der Waals surface area contributed by atoms with Gasteiger partial charge in [0.2, 0.25) is 0 Å². The number of nitrogens with zero attached hydrogens (tertiary/aromatic N) is 1. The van der Waals surface area contributed by atoms with E-state index in [-0.39, 0.29) is 5.92 Å². The number of aliphatic hydroxyl groups is 2. The number of hydrogen-bond acceptors (Lipinski definition) is 4. The van der Waals surface area contributed by atoms with Gasteiger partial charge in [-0.25, -0.2) is 4.98 Å². The molecule has 0 spiro atoms. The van der Waals surface area contributed by atoms with Crippen molar-refractivity contribution in [3.8, 4) is 0 Å². The number of aromatic nitrogens is 1. The van der Waals surface area contributed by atoms with Gasteiger partial charge in [0, 0.05) is 17.5 Å². The molecule has 17 heavy (non-hydrogen) atoms. The normalized spacial score (nSPS) is 21.4. The number of rotatable bonds is 4. The lowest BCUT2D eigenvalue weighted by atomic mass is 9.83. The summed E-state index contributed by atoms with van der Waals surface area (Å²) in [6.07, 6.45) is 4.98. The molecule has 1 aliphatic carbocycles. The first kappa shape index (κ1) is 13.0. The second-order valence-corrected chi connectivity index (χ2v) is 5.99. The molecule has 2 N–H and O–H groups in total. The third-order valence-corrected chi connectivity index (χ3v) is 4.57. The van der Waals surface area contributed by atoms with Crippen LogP contribution in [0.3, 0.4) is 0 Å². The molecule has 1 fully saturated rings. The highest BCUT2D eigenvalue weighted by atomic mass is 32.1. The molecule has 0 radical (unpaired) electrons. The maximum Gasteiger partial charge on any atom is 0.0954 e. The molecule has 1 heterocycles. The van der Waals surface area contributed by atoms with E-state index in [4.69, 9.17) is 0 Å². The van der Waals surface area contributed by atoms with Crippen LogP contribution in [0, 0.1) is 12.8 Å². The molecule has 96 valence electrons. The number of aliphatic hydroxyl groups excluding tert-OH is 2. The smallest absolute Gasteiger partial charge is 0.0954 e. The summed E-state index contributed by atoms with van der Waals surface area (Å²) in [5, 5.41) is 23.1. The molecule has 1 aromatic heterocycles. The van der Waals surface area contributed by atoms with Gasteiger partial charge < -0.3 is 10.2 Å². The van der Waals surface area contributed by atoms with Crippen LogP contribution in [0.5, 0.6) is 0 Å². The van der Waals surface area contributed by atoms with Crippen LogP contribution in [0.2, 0.25) is 0 Å². The van der Waals surface area contributed by atoms with Crippen molar-refractivity contribution in [2.45, 2.75) is 57.7 Å². The minimum absolute atomic E-state index is 0.278. The predicted octanol–water partition coefficient (Wildman–Crippen LogP) is 2.30. The molecule has 0 aromatic carbocycles. The van der Waals surface area contributed by atoms with Crippen LogP contribution in [0.4, 0.5) is 0 Å². The maximum absolute atomic E-state index is 10.1. The first-order chi connectivity index (χ1) is 8.16. The summed E-state index contributed by atoms with van der Waals surface area (Å²) in [6, 6.07) is 0. The highest BCUT2D eigenvalue weighted by Crippen LogP contribution is 2.28. The molecule has 3 nitrogen and oxygen atoms in total. The van der Waals surface area contributed by atoms with E-state index in [0.717, 1.165) is 23.5 Å². The zero-order valence-electron chi connectivity index (χ0n) is 10.3. The second kappa shape index (κ2) is 5.94. The summed E-state index contributed by atoms with van der Waals surface area (Å²) in [5.74, 6) is 0.278. The molecule has 1 saturated carbocycles. The summed E-state index contributed by atoms with van der Waals surface area (Å²) in [7, 11) is 0. The third-order valence-electron chi connectivity index (χ3n) is 3.58. The highest BCUT2D eigenvalue weighted by Gasteiger charge is 2.28. The van der Waals surface area contributed by atoms with Crippen molar-refractivity contribution < 1.29 is 10.2 Å². The Morgan fingerprint density at radius 3 is 2.65 bits per heavy atom. The van der Waals surface area contributed by atoms with Crippen molar-refractivity contribution in [3.05, 3.63) is 16.1 Å². The average molecular weight is 255 g/mol. The van der Waals surface area contributed by atoms with Gasteiger partial charge >= 0.3 is 0 Å². The minimum Gasteiger partial charge on any atom is -0.390 e. The van der Waals surface area contributed by atoms with Crippen molar-refractivity contribution in [2.24, 2.45) is 5.92 Å². The largest absolute Gasteiger partial charge is 0.390 e. The van der Waals surface area contributed by atoms with Crippen LogP contribution in [0.1, 0.15) is 42.8 Å². The zero-order valence-corrected chi connectivity index (χ0v) is 11.1. The van der Waals surface area contributed by atoms with E-state index in [1.165, 1.54) is 19.3 Å². The van der Waals surface area contributed by atoms with Gasteiger partial charge in [-0.05, 0) is 25.7 Å². The van der Waals surface area contributed by atoms with Crippen LogP contribution in [-0.4, -0.2) is 27.4 Å². The fraction of sp³-hybridized carbons (Fsp3) is 0.769. The minimum atomic E-state index is -0.663. The molecule has 0 bridgehead atoms. The Kier molecular flexibility index (Phi) is 4.54. The van der Waals surface area contributed by atoms with E-state index in [0.29, 0.717) is 6.42 Å². The summed E-state index contributed by atoms with van der Waals surface area (Å²) < 4.78 is 0. The second-order valence-electron chi connectivity index (χ2n) is 5.04. The fourth-order valence-electron chi connectivity index (χ4n) is 2.59. The first-order valence-electron chi connectivity index (χ1n) is 6.44. The first-order valence-corrected chi connectivity index (χ1v) is 7.32. The van der Waals surface area contributed by atoms with Gasteiger partial charge in [0.25, 0.3) is 0 Å². The lowest BCUT2D eigenvalue weighted by Crippen LogP contribution is -2.36. The van der Waals surface area contributed by atoms with E-state index in [2.05, 4.69) is 4.98 Å². The van der Waals surface area contributed by atoms with Crippen molar-refractivity contribution in [1.82, 2.24) is 4.98 Å². The molecule has 0 amide bonds. The Morgan fingerprint density at radius 2 is 2.06 bits per heavy atom. The summed E-state index contributed by atoms with van der Waals surface area (Å²) in [4.78, 5) is 4.33. The van der Waals surface area contributed by atoms with Gasteiger partial charge in [-0.15, -0.1) is 11.3 Å². The molecule has 4 heteroatoms. The van der Waals surface area contributed by atoms with Crippen LogP contribution < -0.4 is 0 Å². The fourth-order valence-corrected chi connectivity index (χ4v) is 3.41. The molecular weight excluding hydrogens is 234 g/mol. The standard InChI is InChI=1S/C13H21NO2S/c1-9-8-17-12(14-9)7-11(15)13(16)10-5-3-2-4-6-10/h8,10-11,13,15-16H,2-7H2,1H3. The third kappa shape index (κ3) is 3.50. The molecular formula is C13H21NO2S. The SMILES string of the molecule is Cc1csc(CC(O)C(O)C2CCCCC2)n1. The molecule has 2 atom stereocenters. The summed E-state index contributed by atoms with van der Waals surface area (Å²) in [5.41, 5.74) is 0.990. The molecule has 0 saturated heterocycles. The monoisotopic (exact) mass is 255 g/mol. The lowest BCUT2D eigenvalue weighted by Gasteiger charge is -2.29. The predicted molar refractivity (Wildman–Crippen MR) is 69.1 cm³/mol. The van der Waals surface area contributed by atoms with E-state index < -0.39 is 12.2 Å². The quantitative estimate of drug-likeness (QED) is 0.868. The highest BCUT2D eigenvalue weighted by molar-refractivity contribution is 7.09. The molecule has 2 rings (SSSR count). The van der Waals surface area contributed by atoms with Gasteiger partial charge in [0.1, 0.15) is 0 Å². The Hall–Kier alpha value is -0.450. The van der Waals surface area contributed by atoms with E-state index in [9.17, 15) is 10.2 Å². The molecule has 1 aliphatic rings.